The Kier molecular flexibility index (Phi) is 4.77. The van der Waals surface area contributed by atoms with Crippen LogP contribution in [0.15, 0.2) is 52.2 Å². The van der Waals surface area contributed by atoms with Gasteiger partial charge < -0.3 is 4.42 Å². The summed E-state index contributed by atoms with van der Waals surface area (Å²) in [6.07, 6.45) is 3.25. The molecule has 27 heavy (non-hydrogen) atoms. The Balaban J connectivity index is 1.52. The smallest absolute Gasteiger partial charge is 0.260 e. The lowest BCUT2D eigenvalue weighted by Gasteiger charge is -2.25. The van der Waals surface area contributed by atoms with Crippen molar-refractivity contribution in [1.82, 2.24) is 9.29 Å². The maximum atomic E-state index is 12.8. The number of carbonyl (C=O) groups is 1. The minimum absolute atomic E-state index is 0.202. The molecule has 7 nitrogen and oxygen atoms in total. The lowest BCUT2D eigenvalue weighted by molar-refractivity contribution is 0.102. The van der Waals surface area contributed by atoms with E-state index in [2.05, 4.69) is 10.3 Å². The summed E-state index contributed by atoms with van der Waals surface area (Å²) in [6.45, 7) is 0.552. The van der Waals surface area contributed by atoms with E-state index >= 15 is 0 Å². The summed E-state index contributed by atoms with van der Waals surface area (Å²) < 4.78 is 32.0. The predicted molar refractivity (Wildman–Crippen MR) is 102 cm³/mol. The first-order valence-electron chi connectivity index (χ1n) is 8.01. The highest BCUT2D eigenvalue weighted by molar-refractivity contribution is 7.89. The summed E-state index contributed by atoms with van der Waals surface area (Å²) in [5.74, 6) is -0.319. The van der Waals surface area contributed by atoms with E-state index in [4.69, 9.17) is 16.0 Å². The normalized spacial score (nSPS) is 14.7. The Morgan fingerprint density at radius 2 is 2.04 bits per heavy atom. The Bertz CT molecular complexity index is 1080. The van der Waals surface area contributed by atoms with Crippen molar-refractivity contribution in [2.45, 2.75) is 17.9 Å². The number of benzene rings is 1. The molecule has 1 amide bonds. The summed E-state index contributed by atoms with van der Waals surface area (Å²) >= 11 is 7.12. The van der Waals surface area contributed by atoms with Crippen LogP contribution in [0.1, 0.15) is 20.9 Å². The van der Waals surface area contributed by atoms with Gasteiger partial charge >= 0.3 is 0 Å². The molecule has 3 heterocycles. The van der Waals surface area contributed by atoms with Crippen molar-refractivity contribution in [2.24, 2.45) is 0 Å². The molecule has 0 spiro atoms. The van der Waals surface area contributed by atoms with Gasteiger partial charge in [0, 0.05) is 22.9 Å². The largest absolute Gasteiger partial charge is 0.472 e. The first-order valence-corrected chi connectivity index (χ1v) is 10.6. The average molecular weight is 424 g/mol. The maximum absolute atomic E-state index is 12.8. The molecule has 4 rings (SSSR count). The zero-order valence-electron chi connectivity index (χ0n) is 13.9. The highest BCUT2D eigenvalue weighted by Crippen LogP contribution is 2.31. The SMILES string of the molecule is O=C(Nc1nc2c(s1)CN(S(=O)(=O)c1ccc(Cl)cc1)CC2)c1ccoc1. The van der Waals surface area contributed by atoms with Gasteiger partial charge in [0.25, 0.3) is 5.91 Å². The van der Waals surface area contributed by atoms with Gasteiger partial charge in [-0.3, -0.25) is 10.1 Å². The van der Waals surface area contributed by atoms with Crippen LogP contribution in [0.4, 0.5) is 5.13 Å². The molecule has 0 bridgehead atoms. The first kappa shape index (κ1) is 18.2. The van der Waals surface area contributed by atoms with Crippen molar-refractivity contribution in [3.05, 3.63) is 64.0 Å². The third-order valence-electron chi connectivity index (χ3n) is 4.15. The summed E-state index contributed by atoms with van der Waals surface area (Å²) in [5.41, 5.74) is 1.21. The van der Waals surface area contributed by atoms with Crippen molar-refractivity contribution < 1.29 is 17.6 Å². The second kappa shape index (κ2) is 7.08. The second-order valence-electron chi connectivity index (χ2n) is 5.90. The minimum atomic E-state index is -3.62. The molecule has 0 fully saturated rings. The quantitative estimate of drug-likeness (QED) is 0.694. The van der Waals surface area contributed by atoms with Crippen LogP contribution in [0.25, 0.3) is 0 Å². The molecule has 1 N–H and O–H groups in total. The van der Waals surface area contributed by atoms with Crippen molar-refractivity contribution in [3.8, 4) is 0 Å². The van der Waals surface area contributed by atoms with Gasteiger partial charge in [0.2, 0.25) is 10.0 Å². The number of nitrogens with zero attached hydrogens (tertiary/aromatic N) is 2. The maximum Gasteiger partial charge on any atom is 0.260 e. The van der Waals surface area contributed by atoms with E-state index in [1.807, 2.05) is 0 Å². The second-order valence-corrected chi connectivity index (χ2v) is 9.36. The van der Waals surface area contributed by atoms with E-state index in [1.165, 1.54) is 40.3 Å². The van der Waals surface area contributed by atoms with Gasteiger partial charge in [-0.1, -0.05) is 11.6 Å². The Morgan fingerprint density at radius 1 is 1.26 bits per heavy atom. The number of aromatic nitrogens is 1. The van der Waals surface area contributed by atoms with Gasteiger partial charge in [-0.15, -0.1) is 11.3 Å². The van der Waals surface area contributed by atoms with Crippen LogP contribution >= 0.6 is 22.9 Å². The van der Waals surface area contributed by atoms with Crippen LogP contribution in [0, 0.1) is 0 Å². The molecule has 0 saturated carbocycles. The van der Waals surface area contributed by atoms with Gasteiger partial charge in [0.15, 0.2) is 5.13 Å². The number of nitrogens with one attached hydrogen (secondary N) is 1. The molecule has 0 unspecified atom stereocenters. The molecule has 140 valence electrons. The van der Waals surface area contributed by atoms with E-state index in [1.54, 1.807) is 18.2 Å². The molecule has 1 aliphatic rings. The molecule has 2 aromatic heterocycles. The summed E-state index contributed by atoms with van der Waals surface area (Å²) in [5, 5.41) is 3.64. The van der Waals surface area contributed by atoms with E-state index in [9.17, 15) is 13.2 Å². The lowest BCUT2D eigenvalue weighted by atomic mass is 10.2. The van der Waals surface area contributed by atoms with Crippen LogP contribution in [0.2, 0.25) is 5.02 Å². The fourth-order valence-corrected chi connectivity index (χ4v) is 5.38. The number of halogens is 1. The monoisotopic (exact) mass is 423 g/mol. The fourth-order valence-electron chi connectivity index (χ4n) is 2.75. The topological polar surface area (TPSA) is 92.5 Å². The highest BCUT2D eigenvalue weighted by atomic mass is 35.5. The zero-order valence-corrected chi connectivity index (χ0v) is 16.3. The predicted octanol–water partition coefficient (Wildman–Crippen LogP) is 3.39. The Morgan fingerprint density at radius 3 is 2.74 bits per heavy atom. The van der Waals surface area contributed by atoms with Crippen LogP contribution in [0.3, 0.4) is 0 Å². The number of sulfonamides is 1. The molecule has 1 aliphatic heterocycles. The molecule has 0 atom stereocenters. The van der Waals surface area contributed by atoms with E-state index in [0.29, 0.717) is 28.7 Å². The Labute approximate surface area is 164 Å². The van der Waals surface area contributed by atoms with Crippen LogP contribution < -0.4 is 5.32 Å². The van der Waals surface area contributed by atoms with Gasteiger partial charge in [-0.05, 0) is 30.3 Å². The number of furan rings is 1. The summed E-state index contributed by atoms with van der Waals surface area (Å²) in [4.78, 5) is 17.5. The molecule has 3 aromatic rings. The van der Waals surface area contributed by atoms with Crippen LogP contribution in [-0.2, 0) is 23.0 Å². The number of rotatable bonds is 4. The molecule has 10 heteroatoms. The minimum Gasteiger partial charge on any atom is -0.472 e. The third-order valence-corrected chi connectivity index (χ3v) is 7.26. The Hall–Kier alpha value is -2.20. The van der Waals surface area contributed by atoms with Crippen molar-refractivity contribution >= 4 is 44.0 Å². The van der Waals surface area contributed by atoms with Crippen LogP contribution in [0.5, 0.6) is 0 Å². The third kappa shape index (κ3) is 3.63. The number of anilines is 1. The molecule has 0 aliphatic carbocycles. The summed E-state index contributed by atoms with van der Waals surface area (Å²) in [6, 6.07) is 7.66. The van der Waals surface area contributed by atoms with E-state index in [-0.39, 0.29) is 17.3 Å². The number of fused-ring (bicyclic) bond motifs is 1. The van der Waals surface area contributed by atoms with Gasteiger partial charge in [0.1, 0.15) is 6.26 Å². The van der Waals surface area contributed by atoms with E-state index in [0.717, 1.165) is 10.6 Å². The van der Waals surface area contributed by atoms with Crippen molar-refractivity contribution in [1.29, 1.82) is 0 Å². The lowest BCUT2D eigenvalue weighted by Crippen LogP contribution is -2.35. The fraction of sp³-hybridized carbons (Fsp3) is 0.176. The number of amides is 1. The molecular formula is C17H14ClN3O4S2. The number of carbonyl (C=O) groups excluding carboxylic acids is 1. The molecule has 1 aromatic carbocycles. The van der Waals surface area contributed by atoms with Gasteiger partial charge in [-0.2, -0.15) is 4.31 Å². The average Bonchev–Trinajstić information content (AvgIpc) is 3.30. The number of hydrogen-bond acceptors (Lipinski definition) is 6. The zero-order chi connectivity index (χ0) is 19.0. The number of thiazole rings is 1. The van der Waals surface area contributed by atoms with Crippen LogP contribution in [-0.4, -0.2) is 30.2 Å². The van der Waals surface area contributed by atoms with Crippen molar-refractivity contribution in [3.63, 3.8) is 0 Å². The summed E-state index contributed by atoms with van der Waals surface area (Å²) in [7, 11) is -3.62. The molecule has 0 saturated heterocycles. The van der Waals surface area contributed by atoms with Crippen molar-refractivity contribution in [2.75, 3.05) is 11.9 Å². The van der Waals surface area contributed by atoms with E-state index < -0.39 is 10.0 Å². The number of hydrogen-bond donors (Lipinski definition) is 1. The molecular weight excluding hydrogens is 410 g/mol. The van der Waals surface area contributed by atoms with Gasteiger partial charge in [-0.25, -0.2) is 13.4 Å². The highest BCUT2D eigenvalue weighted by Gasteiger charge is 2.30. The standard InChI is InChI=1S/C17H14ClN3O4S2/c18-12-1-3-13(4-2-12)27(23,24)21-7-5-14-15(9-21)26-17(19-14)20-16(22)11-6-8-25-10-11/h1-4,6,8,10H,5,7,9H2,(H,19,20,22). The van der Waals surface area contributed by atoms with Gasteiger partial charge in [0.05, 0.1) is 29.0 Å². The molecule has 0 radical (unpaired) electrons. The first-order chi connectivity index (χ1) is 12.9.